The fourth-order valence-corrected chi connectivity index (χ4v) is 3.54. The lowest BCUT2D eigenvalue weighted by molar-refractivity contribution is -0.114. The Kier molecular flexibility index (Phi) is 5.86. The number of fused-ring (bicyclic) bond motifs is 3. The number of rotatable bonds is 7. The maximum atomic E-state index is 11.6. The molecule has 26 heavy (non-hydrogen) atoms. The number of hydrogen-bond acceptors (Lipinski definition) is 4. The minimum Gasteiger partial charge on any atom is -0.399 e. The molecule has 1 aliphatic rings. The van der Waals surface area contributed by atoms with E-state index in [1.165, 1.54) is 38.2 Å². The van der Waals surface area contributed by atoms with E-state index in [9.17, 15) is 4.79 Å². The first-order chi connectivity index (χ1) is 12.6. The summed E-state index contributed by atoms with van der Waals surface area (Å²) in [6, 6.07) is 5.99. The van der Waals surface area contributed by atoms with E-state index in [2.05, 4.69) is 12.2 Å². The Morgan fingerprint density at radius 2 is 1.96 bits per heavy atom. The lowest BCUT2D eigenvalue weighted by atomic mass is 9.91. The molecule has 3 rings (SSSR count). The molecule has 138 valence electrons. The summed E-state index contributed by atoms with van der Waals surface area (Å²) in [6.07, 6.45) is 8.54. The first-order valence-electron chi connectivity index (χ1n) is 9.64. The van der Waals surface area contributed by atoms with Crippen LogP contribution in [0.1, 0.15) is 62.9 Å². The Balaban J connectivity index is 1.90. The molecule has 1 aliphatic carbocycles. The van der Waals surface area contributed by atoms with Crippen molar-refractivity contribution in [2.75, 3.05) is 11.1 Å². The second kappa shape index (κ2) is 8.30. The number of amides is 1. The summed E-state index contributed by atoms with van der Waals surface area (Å²) in [5.74, 6) is 0.529. The van der Waals surface area contributed by atoms with Crippen molar-refractivity contribution < 1.29 is 4.79 Å². The van der Waals surface area contributed by atoms with E-state index >= 15 is 0 Å². The Hall–Kier alpha value is -2.43. The highest BCUT2D eigenvalue weighted by Gasteiger charge is 2.22. The van der Waals surface area contributed by atoms with Gasteiger partial charge >= 0.3 is 0 Å². The third-order valence-corrected chi connectivity index (χ3v) is 4.87. The van der Waals surface area contributed by atoms with E-state index < -0.39 is 0 Å². The molecule has 2 aromatic rings. The van der Waals surface area contributed by atoms with Gasteiger partial charge in [-0.25, -0.2) is 9.97 Å². The molecule has 0 saturated carbocycles. The van der Waals surface area contributed by atoms with Gasteiger partial charge in [-0.1, -0.05) is 38.7 Å². The van der Waals surface area contributed by atoms with E-state index in [-0.39, 0.29) is 5.91 Å². The number of benzene rings is 1. The molecule has 0 radical (unpaired) electrons. The summed E-state index contributed by atoms with van der Waals surface area (Å²) < 4.78 is 0. The van der Waals surface area contributed by atoms with Gasteiger partial charge in [0.05, 0.1) is 17.1 Å². The van der Waals surface area contributed by atoms with E-state index in [0.29, 0.717) is 5.82 Å². The fourth-order valence-electron chi connectivity index (χ4n) is 3.54. The first-order valence-corrected chi connectivity index (χ1v) is 9.64. The van der Waals surface area contributed by atoms with Crippen LogP contribution in [-0.4, -0.2) is 15.9 Å². The van der Waals surface area contributed by atoms with Gasteiger partial charge in [0.25, 0.3) is 0 Å². The average Bonchev–Trinajstić information content (AvgIpc) is 2.61. The lowest BCUT2D eigenvalue weighted by Crippen LogP contribution is -2.16. The maximum Gasteiger partial charge on any atom is 0.222 e. The Morgan fingerprint density at radius 3 is 2.73 bits per heavy atom. The van der Waals surface area contributed by atoms with Gasteiger partial charge in [-0.15, -0.1) is 0 Å². The van der Waals surface area contributed by atoms with E-state index in [1.807, 2.05) is 18.2 Å². The Morgan fingerprint density at radius 1 is 1.15 bits per heavy atom. The lowest BCUT2D eigenvalue weighted by Gasteiger charge is -2.21. The smallest absolute Gasteiger partial charge is 0.222 e. The summed E-state index contributed by atoms with van der Waals surface area (Å²) in [5, 5.41) is 2.88. The summed E-state index contributed by atoms with van der Waals surface area (Å²) in [7, 11) is 0. The number of nitrogens with two attached hydrogens (primary N) is 1. The minimum absolute atomic E-state index is 0.101. The van der Waals surface area contributed by atoms with Gasteiger partial charge < -0.3 is 11.1 Å². The molecule has 5 nitrogen and oxygen atoms in total. The molecule has 0 atom stereocenters. The SMILES string of the molecule is CCCCCCCc1nc2c(nc1NC(C)=O)CCc1cc(N)ccc1-2. The Bertz CT molecular complexity index is 801. The van der Waals surface area contributed by atoms with Crippen LogP contribution in [-0.2, 0) is 24.1 Å². The normalized spacial score (nSPS) is 12.4. The predicted octanol–water partition coefficient (Wildman–Crippen LogP) is 4.30. The van der Waals surface area contributed by atoms with Gasteiger partial charge in [0, 0.05) is 18.2 Å². The zero-order valence-electron chi connectivity index (χ0n) is 15.8. The topological polar surface area (TPSA) is 80.9 Å². The molecule has 0 saturated heterocycles. The van der Waals surface area contributed by atoms with Gasteiger partial charge in [0.1, 0.15) is 0 Å². The van der Waals surface area contributed by atoms with Crippen LogP contribution in [0.4, 0.5) is 11.5 Å². The van der Waals surface area contributed by atoms with Crippen LogP contribution < -0.4 is 11.1 Å². The third-order valence-electron chi connectivity index (χ3n) is 4.87. The van der Waals surface area contributed by atoms with Crippen LogP contribution in [0.25, 0.3) is 11.3 Å². The zero-order valence-corrected chi connectivity index (χ0v) is 15.8. The molecule has 1 aromatic carbocycles. The Labute approximate surface area is 155 Å². The average molecular weight is 352 g/mol. The molecule has 0 spiro atoms. The number of aryl methyl sites for hydroxylation is 3. The maximum absolute atomic E-state index is 11.6. The van der Waals surface area contributed by atoms with E-state index in [4.69, 9.17) is 15.7 Å². The van der Waals surface area contributed by atoms with Gasteiger partial charge in [-0.2, -0.15) is 0 Å². The largest absolute Gasteiger partial charge is 0.399 e. The zero-order chi connectivity index (χ0) is 18.5. The number of unbranched alkanes of at least 4 members (excludes halogenated alkanes) is 4. The molecule has 5 heteroatoms. The standard InChI is InChI=1S/C21H28N4O/c1-3-4-5-6-7-8-19-21(23-14(2)26)25-18-12-9-15-13-16(22)10-11-17(15)20(18)24-19/h10-11,13H,3-9,12,22H2,1-2H3,(H,23,25,26). The van der Waals surface area contributed by atoms with Gasteiger partial charge in [-0.05, 0) is 43.4 Å². The number of carbonyl (C=O) groups excluding carboxylic acids is 1. The first kappa shape index (κ1) is 18.4. The number of anilines is 2. The molecule has 0 aliphatic heterocycles. The molecule has 0 bridgehead atoms. The molecule has 1 heterocycles. The fraction of sp³-hybridized carbons (Fsp3) is 0.476. The van der Waals surface area contributed by atoms with Crippen molar-refractivity contribution in [3.63, 3.8) is 0 Å². The van der Waals surface area contributed by atoms with Crippen molar-refractivity contribution in [3.05, 3.63) is 35.2 Å². The molecule has 0 unspecified atom stereocenters. The van der Waals surface area contributed by atoms with E-state index in [0.717, 1.165) is 54.0 Å². The minimum atomic E-state index is -0.101. The van der Waals surface area contributed by atoms with Crippen LogP contribution in [0.15, 0.2) is 18.2 Å². The summed E-state index contributed by atoms with van der Waals surface area (Å²) in [6.45, 7) is 3.73. The predicted molar refractivity (Wildman–Crippen MR) is 106 cm³/mol. The number of nitrogens with one attached hydrogen (secondary N) is 1. The monoisotopic (exact) mass is 352 g/mol. The molecular weight excluding hydrogens is 324 g/mol. The number of nitrogen functional groups attached to an aromatic ring is 1. The quantitative estimate of drug-likeness (QED) is 0.575. The van der Waals surface area contributed by atoms with Gasteiger partial charge in [-0.3, -0.25) is 4.79 Å². The highest BCUT2D eigenvalue weighted by atomic mass is 16.1. The van der Waals surface area contributed by atoms with Crippen LogP contribution >= 0.6 is 0 Å². The van der Waals surface area contributed by atoms with Gasteiger partial charge in [0.2, 0.25) is 5.91 Å². The number of nitrogens with zero attached hydrogens (tertiary/aromatic N) is 2. The number of hydrogen-bond donors (Lipinski definition) is 2. The van der Waals surface area contributed by atoms with Crippen molar-refractivity contribution in [2.24, 2.45) is 0 Å². The van der Waals surface area contributed by atoms with Crippen molar-refractivity contribution in [2.45, 2.75) is 65.2 Å². The molecular formula is C21H28N4O. The van der Waals surface area contributed by atoms with E-state index in [1.54, 1.807) is 0 Å². The second-order valence-electron chi connectivity index (χ2n) is 7.08. The summed E-state index contributed by atoms with van der Waals surface area (Å²) in [4.78, 5) is 21.3. The van der Waals surface area contributed by atoms with Crippen molar-refractivity contribution in [1.29, 1.82) is 0 Å². The molecule has 1 aromatic heterocycles. The number of aromatic nitrogens is 2. The van der Waals surface area contributed by atoms with Crippen LogP contribution in [0.2, 0.25) is 0 Å². The van der Waals surface area contributed by atoms with Crippen LogP contribution in [0.3, 0.4) is 0 Å². The molecule has 3 N–H and O–H groups in total. The van der Waals surface area contributed by atoms with Crippen molar-refractivity contribution in [3.8, 4) is 11.3 Å². The van der Waals surface area contributed by atoms with Crippen molar-refractivity contribution in [1.82, 2.24) is 9.97 Å². The molecule has 1 amide bonds. The molecule has 0 fully saturated rings. The summed E-state index contributed by atoms with van der Waals surface area (Å²) >= 11 is 0. The highest BCUT2D eigenvalue weighted by Crippen LogP contribution is 2.34. The van der Waals surface area contributed by atoms with Gasteiger partial charge in [0.15, 0.2) is 5.82 Å². The highest BCUT2D eigenvalue weighted by molar-refractivity contribution is 5.88. The number of carbonyl (C=O) groups is 1. The summed E-state index contributed by atoms with van der Waals surface area (Å²) in [5.41, 5.74) is 11.9. The third kappa shape index (κ3) is 4.21. The van der Waals surface area contributed by atoms with Crippen molar-refractivity contribution >= 4 is 17.4 Å². The van der Waals surface area contributed by atoms with Crippen LogP contribution in [0.5, 0.6) is 0 Å². The van der Waals surface area contributed by atoms with Crippen LogP contribution in [0, 0.1) is 0 Å². The second-order valence-corrected chi connectivity index (χ2v) is 7.08.